The van der Waals surface area contributed by atoms with Crippen molar-refractivity contribution in [3.63, 3.8) is 0 Å². The SMILES string of the molecule is CC(C)(C)OC(=O)N(CCc1cccc(NC(=O)O)n1)c1ccc(N)cc1. The van der Waals surface area contributed by atoms with Crippen molar-refractivity contribution in [3.8, 4) is 0 Å². The Bertz CT molecular complexity index is 800. The molecule has 8 nitrogen and oxygen atoms in total. The number of carboxylic acid groups (broad SMARTS) is 1. The average molecular weight is 372 g/mol. The predicted octanol–water partition coefficient (Wildman–Crippen LogP) is 3.74. The highest BCUT2D eigenvalue weighted by Crippen LogP contribution is 2.20. The minimum Gasteiger partial charge on any atom is -0.465 e. The summed E-state index contributed by atoms with van der Waals surface area (Å²) >= 11 is 0. The van der Waals surface area contributed by atoms with Crippen molar-refractivity contribution in [1.29, 1.82) is 0 Å². The normalized spacial score (nSPS) is 10.9. The van der Waals surface area contributed by atoms with Gasteiger partial charge in [-0.2, -0.15) is 0 Å². The monoisotopic (exact) mass is 372 g/mol. The number of nitrogens with two attached hydrogens (primary N) is 1. The van der Waals surface area contributed by atoms with E-state index in [0.29, 0.717) is 30.0 Å². The van der Waals surface area contributed by atoms with E-state index >= 15 is 0 Å². The van der Waals surface area contributed by atoms with Crippen LogP contribution in [-0.2, 0) is 11.2 Å². The number of benzene rings is 1. The van der Waals surface area contributed by atoms with E-state index in [4.69, 9.17) is 15.6 Å². The van der Waals surface area contributed by atoms with Gasteiger partial charge in [0.2, 0.25) is 0 Å². The molecule has 0 fully saturated rings. The van der Waals surface area contributed by atoms with Crippen LogP contribution in [-0.4, -0.2) is 34.4 Å². The van der Waals surface area contributed by atoms with Gasteiger partial charge in [0.25, 0.3) is 0 Å². The zero-order chi connectivity index (χ0) is 20.0. The van der Waals surface area contributed by atoms with Crippen molar-refractivity contribution in [1.82, 2.24) is 4.98 Å². The third-order valence-corrected chi connectivity index (χ3v) is 3.45. The highest BCUT2D eigenvalue weighted by atomic mass is 16.6. The first-order valence-corrected chi connectivity index (χ1v) is 8.46. The minimum absolute atomic E-state index is 0.233. The number of nitrogens with one attached hydrogen (secondary N) is 1. The van der Waals surface area contributed by atoms with E-state index in [-0.39, 0.29) is 5.82 Å². The zero-order valence-electron chi connectivity index (χ0n) is 15.6. The van der Waals surface area contributed by atoms with Crippen molar-refractivity contribution in [2.24, 2.45) is 0 Å². The summed E-state index contributed by atoms with van der Waals surface area (Å²) in [5, 5.41) is 11.0. The number of aromatic nitrogens is 1. The van der Waals surface area contributed by atoms with E-state index in [2.05, 4.69) is 10.3 Å². The molecule has 0 saturated carbocycles. The molecule has 0 aliphatic carbocycles. The van der Waals surface area contributed by atoms with Crippen molar-refractivity contribution >= 4 is 29.4 Å². The van der Waals surface area contributed by atoms with E-state index in [1.54, 1.807) is 63.2 Å². The van der Waals surface area contributed by atoms with Crippen LogP contribution < -0.4 is 16.0 Å². The molecule has 4 N–H and O–H groups in total. The van der Waals surface area contributed by atoms with Crippen LogP contribution in [0, 0.1) is 0 Å². The first-order valence-electron chi connectivity index (χ1n) is 8.46. The Labute approximate surface area is 158 Å². The lowest BCUT2D eigenvalue weighted by molar-refractivity contribution is 0.0580. The van der Waals surface area contributed by atoms with Crippen LogP contribution in [0.1, 0.15) is 26.5 Å². The van der Waals surface area contributed by atoms with E-state index in [0.717, 1.165) is 0 Å². The predicted molar refractivity (Wildman–Crippen MR) is 104 cm³/mol. The third kappa shape index (κ3) is 6.50. The van der Waals surface area contributed by atoms with Gasteiger partial charge in [0, 0.05) is 30.0 Å². The Morgan fingerprint density at radius 1 is 1.19 bits per heavy atom. The number of hydrogen-bond donors (Lipinski definition) is 3. The van der Waals surface area contributed by atoms with Gasteiger partial charge in [-0.25, -0.2) is 14.6 Å². The van der Waals surface area contributed by atoms with Crippen LogP contribution in [0.25, 0.3) is 0 Å². The Hall–Kier alpha value is -3.29. The summed E-state index contributed by atoms with van der Waals surface area (Å²) in [4.78, 5) is 29.1. The molecule has 8 heteroatoms. The van der Waals surface area contributed by atoms with Gasteiger partial charge < -0.3 is 15.6 Å². The molecule has 27 heavy (non-hydrogen) atoms. The molecular formula is C19H24N4O4. The van der Waals surface area contributed by atoms with E-state index in [1.165, 1.54) is 4.90 Å². The molecular weight excluding hydrogens is 348 g/mol. The second kappa shape index (κ2) is 8.39. The van der Waals surface area contributed by atoms with Gasteiger partial charge in [-0.05, 0) is 57.2 Å². The van der Waals surface area contributed by atoms with E-state index < -0.39 is 17.8 Å². The van der Waals surface area contributed by atoms with Gasteiger partial charge in [0.15, 0.2) is 0 Å². The summed E-state index contributed by atoms with van der Waals surface area (Å²) in [5.41, 5.74) is 6.98. The number of amides is 2. The summed E-state index contributed by atoms with van der Waals surface area (Å²) in [6.45, 7) is 5.71. The fourth-order valence-electron chi connectivity index (χ4n) is 2.32. The standard InChI is InChI=1S/C19H24N4O4/c1-19(2,3)27-18(26)23(15-9-7-13(20)8-10-15)12-11-14-5-4-6-16(21-14)22-17(24)25/h4-10H,11-12,20H2,1-3H3,(H,21,22)(H,24,25). The van der Waals surface area contributed by atoms with Gasteiger partial charge in [-0.15, -0.1) is 0 Å². The van der Waals surface area contributed by atoms with Gasteiger partial charge in [0.05, 0.1) is 0 Å². The molecule has 144 valence electrons. The number of rotatable bonds is 5. The quantitative estimate of drug-likeness (QED) is 0.688. The summed E-state index contributed by atoms with van der Waals surface area (Å²) < 4.78 is 5.49. The summed E-state index contributed by atoms with van der Waals surface area (Å²) in [7, 11) is 0. The average Bonchev–Trinajstić information content (AvgIpc) is 2.55. The Kier molecular flexibility index (Phi) is 6.23. The topological polar surface area (TPSA) is 118 Å². The number of pyridine rings is 1. The molecule has 1 heterocycles. The lowest BCUT2D eigenvalue weighted by atomic mass is 10.2. The van der Waals surface area contributed by atoms with Crippen LogP contribution >= 0.6 is 0 Å². The molecule has 2 rings (SSSR count). The number of nitrogen functional groups attached to an aromatic ring is 1. The van der Waals surface area contributed by atoms with Crippen molar-refractivity contribution in [2.75, 3.05) is 22.5 Å². The van der Waals surface area contributed by atoms with Crippen LogP contribution in [0.2, 0.25) is 0 Å². The largest absolute Gasteiger partial charge is 0.465 e. The Morgan fingerprint density at radius 2 is 1.85 bits per heavy atom. The molecule has 0 radical (unpaired) electrons. The lowest BCUT2D eigenvalue weighted by Crippen LogP contribution is -2.38. The summed E-state index contributed by atoms with van der Waals surface area (Å²) in [6, 6.07) is 11.9. The lowest BCUT2D eigenvalue weighted by Gasteiger charge is -2.27. The molecule has 0 aliphatic rings. The third-order valence-electron chi connectivity index (χ3n) is 3.45. The number of hydrogen-bond acceptors (Lipinski definition) is 5. The Balaban J connectivity index is 2.18. The molecule has 0 spiro atoms. The first-order chi connectivity index (χ1) is 12.6. The van der Waals surface area contributed by atoms with E-state index in [1.807, 2.05) is 0 Å². The molecule has 1 aromatic heterocycles. The van der Waals surface area contributed by atoms with Crippen LogP contribution in [0.3, 0.4) is 0 Å². The zero-order valence-corrected chi connectivity index (χ0v) is 15.6. The maximum atomic E-state index is 12.6. The fraction of sp³-hybridized carbons (Fsp3) is 0.316. The number of carbonyl (C=O) groups is 2. The highest BCUT2D eigenvalue weighted by molar-refractivity contribution is 5.88. The molecule has 0 aliphatic heterocycles. The summed E-state index contributed by atoms with van der Waals surface area (Å²) in [6.07, 6.45) is -1.25. The fourth-order valence-corrected chi connectivity index (χ4v) is 2.32. The minimum atomic E-state index is -1.18. The first kappa shape index (κ1) is 20.0. The molecule has 0 saturated heterocycles. The molecule has 2 aromatic rings. The van der Waals surface area contributed by atoms with E-state index in [9.17, 15) is 9.59 Å². The second-order valence-electron chi connectivity index (χ2n) is 6.92. The molecule has 1 aromatic carbocycles. The number of carbonyl (C=O) groups excluding carboxylic acids is 1. The molecule has 0 atom stereocenters. The maximum absolute atomic E-state index is 12.6. The van der Waals surface area contributed by atoms with Gasteiger partial charge >= 0.3 is 12.2 Å². The van der Waals surface area contributed by atoms with Gasteiger partial charge in [0.1, 0.15) is 11.4 Å². The van der Waals surface area contributed by atoms with Crippen LogP contribution in [0.5, 0.6) is 0 Å². The smallest absolute Gasteiger partial charge is 0.414 e. The Morgan fingerprint density at radius 3 is 2.44 bits per heavy atom. The number of anilines is 3. The molecule has 2 amide bonds. The van der Waals surface area contributed by atoms with Crippen molar-refractivity contribution < 1.29 is 19.4 Å². The summed E-state index contributed by atoms with van der Waals surface area (Å²) in [5.74, 6) is 0.233. The number of nitrogens with zero attached hydrogens (tertiary/aromatic N) is 2. The molecule has 0 bridgehead atoms. The van der Waals surface area contributed by atoms with Gasteiger partial charge in [-0.1, -0.05) is 6.07 Å². The van der Waals surface area contributed by atoms with Crippen molar-refractivity contribution in [3.05, 3.63) is 48.2 Å². The highest BCUT2D eigenvalue weighted by Gasteiger charge is 2.23. The van der Waals surface area contributed by atoms with Gasteiger partial charge in [-0.3, -0.25) is 10.2 Å². The van der Waals surface area contributed by atoms with Crippen molar-refractivity contribution in [2.45, 2.75) is 32.8 Å². The molecule has 0 unspecified atom stereocenters. The van der Waals surface area contributed by atoms with Crippen LogP contribution in [0.15, 0.2) is 42.5 Å². The second-order valence-corrected chi connectivity index (χ2v) is 6.92. The maximum Gasteiger partial charge on any atom is 0.414 e. The number of ether oxygens (including phenoxy) is 1. The van der Waals surface area contributed by atoms with Crippen LogP contribution in [0.4, 0.5) is 26.8 Å².